The smallest absolute Gasteiger partial charge is 0.237 e. The Morgan fingerprint density at radius 3 is 3.00 bits per heavy atom. The highest BCUT2D eigenvalue weighted by Crippen LogP contribution is 2.27. The second-order valence-corrected chi connectivity index (χ2v) is 6.02. The van der Waals surface area contributed by atoms with Crippen LogP contribution >= 0.6 is 0 Å². The van der Waals surface area contributed by atoms with Crippen LogP contribution in [0.1, 0.15) is 30.9 Å². The van der Waals surface area contributed by atoms with E-state index in [4.69, 9.17) is 0 Å². The third kappa shape index (κ3) is 2.96. The Morgan fingerprint density at radius 1 is 1.45 bits per heavy atom. The number of carbonyl (C=O) groups is 1. The maximum atomic E-state index is 11.9. The molecule has 1 saturated carbocycles. The summed E-state index contributed by atoms with van der Waals surface area (Å²) < 4.78 is 0. The van der Waals surface area contributed by atoms with Crippen molar-refractivity contribution in [2.24, 2.45) is 0 Å². The number of benzene rings is 1. The first-order valence-corrected chi connectivity index (χ1v) is 7.50. The van der Waals surface area contributed by atoms with Gasteiger partial charge < -0.3 is 15.5 Å². The van der Waals surface area contributed by atoms with Crippen molar-refractivity contribution >= 4 is 11.6 Å². The molecular formula is C16H23N3O. The van der Waals surface area contributed by atoms with Crippen molar-refractivity contribution < 1.29 is 4.79 Å². The number of amides is 1. The van der Waals surface area contributed by atoms with E-state index in [1.54, 1.807) is 0 Å². The largest absolute Gasteiger partial charge is 0.374 e. The number of hydrogen-bond donors (Lipinski definition) is 2. The summed E-state index contributed by atoms with van der Waals surface area (Å²) in [5.41, 5.74) is 4.01. The van der Waals surface area contributed by atoms with E-state index in [-0.39, 0.29) is 11.9 Å². The lowest BCUT2D eigenvalue weighted by Gasteiger charge is -2.15. The maximum Gasteiger partial charge on any atom is 0.237 e. The van der Waals surface area contributed by atoms with Crippen molar-refractivity contribution in [1.82, 2.24) is 10.6 Å². The summed E-state index contributed by atoms with van der Waals surface area (Å²) in [6.07, 6.45) is 3.39. The SMILES string of the molecule is CC(NCc1ccc2c(c1)CCN2C)C(=O)NC1CC1. The van der Waals surface area contributed by atoms with E-state index in [1.165, 1.54) is 16.8 Å². The summed E-state index contributed by atoms with van der Waals surface area (Å²) in [4.78, 5) is 14.2. The van der Waals surface area contributed by atoms with E-state index < -0.39 is 0 Å². The minimum Gasteiger partial charge on any atom is -0.374 e. The molecule has 0 aromatic heterocycles. The summed E-state index contributed by atoms with van der Waals surface area (Å²) >= 11 is 0. The Hall–Kier alpha value is -1.55. The maximum absolute atomic E-state index is 11.9. The van der Waals surface area contributed by atoms with Crippen LogP contribution in [0.4, 0.5) is 5.69 Å². The number of hydrogen-bond acceptors (Lipinski definition) is 3. The molecule has 0 saturated heterocycles. The number of likely N-dealkylation sites (N-methyl/N-ethyl adjacent to an activating group) is 1. The molecule has 0 radical (unpaired) electrons. The van der Waals surface area contributed by atoms with Gasteiger partial charge in [-0.1, -0.05) is 12.1 Å². The van der Waals surface area contributed by atoms with Gasteiger partial charge in [-0.2, -0.15) is 0 Å². The Balaban J connectivity index is 1.54. The molecule has 1 aliphatic heterocycles. The molecular weight excluding hydrogens is 250 g/mol. The summed E-state index contributed by atoms with van der Waals surface area (Å²) in [6.45, 7) is 3.78. The lowest BCUT2D eigenvalue weighted by Crippen LogP contribution is -2.42. The summed E-state index contributed by atoms with van der Waals surface area (Å²) in [7, 11) is 2.13. The minimum absolute atomic E-state index is 0.119. The van der Waals surface area contributed by atoms with E-state index in [0.29, 0.717) is 6.04 Å². The fourth-order valence-corrected chi connectivity index (χ4v) is 2.65. The van der Waals surface area contributed by atoms with E-state index in [2.05, 4.69) is 40.8 Å². The minimum atomic E-state index is -0.133. The van der Waals surface area contributed by atoms with Crippen LogP contribution in [0.15, 0.2) is 18.2 Å². The Kier molecular flexibility index (Phi) is 3.66. The van der Waals surface area contributed by atoms with E-state index in [0.717, 1.165) is 32.4 Å². The molecule has 2 aliphatic rings. The highest BCUT2D eigenvalue weighted by Gasteiger charge is 2.25. The molecule has 1 amide bonds. The van der Waals surface area contributed by atoms with E-state index >= 15 is 0 Å². The third-order valence-electron chi connectivity index (χ3n) is 4.20. The topological polar surface area (TPSA) is 44.4 Å². The van der Waals surface area contributed by atoms with Crippen molar-refractivity contribution in [3.63, 3.8) is 0 Å². The Bertz CT molecular complexity index is 510. The second kappa shape index (κ2) is 5.44. The van der Waals surface area contributed by atoms with Crippen molar-refractivity contribution in [3.8, 4) is 0 Å². The van der Waals surface area contributed by atoms with Crippen LogP contribution in [0.2, 0.25) is 0 Å². The van der Waals surface area contributed by atoms with Gasteiger partial charge in [0.25, 0.3) is 0 Å². The quantitative estimate of drug-likeness (QED) is 0.853. The standard InChI is InChI=1S/C16H23N3O/c1-11(16(20)18-14-4-5-14)17-10-12-3-6-15-13(9-12)7-8-19(15)2/h3,6,9,11,14,17H,4-5,7-8,10H2,1-2H3,(H,18,20). The predicted molar refractivity (Wildman–Crippen MR) is 80.9 cm³/mol. The molecule has 108 valence electrons. The molecule has 1 unspecified atom stereocenters. The number of rotatable bonds is 5. The second-order valence-electron chi connectivity index (χ2n) is 6.02. The van der Waals surface area contributed by atoms with Crippen LogP contribution < -0.4 is 15.5 Å². The first kappa shape index (κ1) is 13.4. The van der Waals surface area contributed by atoms with Crippen LogP contribution in [0, 0.1) is 0 Å². The van der Waals surface area contributed by atoms with Gasteiger partial charge in [0.1, 0.15) is 0 Å². The Labute approximate surface area is 120 Å². The first-order chi connectivity index (χ1) is 9.63. The van der Waals surface area contributed by atoms with Crippen LogP contribution in [-0.2, 0) is 17.8 Å². The van der Waals surface area contributed by atoms with Crippen molar-refractivity contribution in [2.45, 2.75) is 44.8 Å². The first-order valence-electron chi connectivity index (χ1n) is 7.50. The van der Waals surface area contributed by atoms with Gasteiger partial charge in [-0.25, -0.2) is 0 Å². The van der Waals surface area contributed by atoms with Gasteiger partial charge in [-0.05, 0) is 43.4 Å². The number of carbonyl (C=O) groups excluding carboxylic acids is 1. The molecule has 1 atom stereocenters. The molecule has 1 fully saturated rings. The van der Waals surface area contributed by atoms with Gasteiger partial charge in [0.2, 0.25) is 5.91 Å². The molecule has 1 aromatic rings. The van der Waals surface area contributed by atoms with Crippen LogP contribution in [0.3, 0.4) is 0 Å². The average Bonchev–Trinajstić information content (AvgIpc) is 3.19. The van der Waals surface area contributed by atoms with Gasteiger partial charge >= 0.3 is 0 Å². The zero-order chi connectivity index (χ0) is 14.1. The monoisotopic (exact) mass is 273 g/mol. The zero-order valence-corrected chi connectivity index (χ0v) is 12.3. The van der Waals surface area contributed by atoms with Crippen LogP contribution in [0.5, 0.6) is 0 Å². The number of nitrogens with one attached hydrogen (secondary N) is 2. The molecule has 20 heavy (non-hydrogen) atoms. The zero-order valence-electron chi connectivity index (χ0n) is 12.3. The molecule has 0 spiro atoms. The molecule has 3 rings (SSSR count). The Morgan fingerprint density at radius 2 is 2.25 bits per heavy atom. The van der Waals surface area contributed by atoms with Gasteiger partial charge in [0.15, 0.2) is 0 Å². The lowest BCUT2D eigenvalue weighted by molar-refractivity contribution is -0.122. The predicted octanol–water partition coefficient (Wildman–Crippen LogP) is 1.44. The molecule has 1 heterocycles. The summed E-state index contributed by atoms with van der Waals surface area (Å²) in [6, 6.07) is 6.90. The van der Waals surface area contributed by atoms with Crippen molar-refractivity contribution in [3.05, 3.63) is 29.3 Å². The highest BCUT2D eigenvalue weighted by atomic mass is 16.2. The van der Waals surface area contributed by atoms with Gasteiger partial charge in [-0.3, -0.25) is 4.79 Å². The number of fused-ring (bicyclic) bond motifs is 1. The normalized spacial score (nSPS) is 18.8. The van der Waals surface area contributed by atoms with Gasteiger partial charge in [0.05, 0.1) is 6.04 Å². The molecule has 0 bridgehead atoms. The van der Waals surface area contributed by atoms with E-state index in [9.17, 15) is 4.79 Å². The molecule has 4 nitrogen and oxygen atoms in total. The van der Waals surface area contributed by atoms with Gasteiger partial charge in [-0.15, -0.1) is 0 Å². The molecule has 1 aromatic carbocycles. The fraction of sp³-hybridized carbons (Fsp3) is 0.562. The van der Waals surface area contributed by atoms with Gasteiger partial charge in [0, 0.05) is 31.9 Å². The highest BCUT2D eigenvalue weighted by molar-refractivity contribution is 5.81. The molecule has 4 heteroatoms. The van der Waals surface area contributed by atoms with Crippen molar-refractivity contribution in [2.75, 3.05) is 18.5 Å². The average molecular weight is 273 g/mol. The van der Waals surface area contributed by atoms with E-state index in [1.807, 2.05) is 6.92 Å². The summed E-state index contributed by atoms with van der Waals surface area (Å²) in [5, 5.41) is 6.34. The number of anilines is 1. The number of nitrogens with zero attached hydrogens (tertiary/aromatic N) is 1. The fourth-order valence-electron chi connectivity index (χ4n) is 2.65. The third-order valence-corrected chi connectivity index (χ3v) is 4.20. The lowest BCUT2D eigenvalue weighted by atomic mass is 10.1. The summed E-state index contributed by atoms with van der Waals surface area (Å²) in [5.74, 6) is 0.119. The molecule has 1 aliphatic carbocycles. The molecule has 2 N–H and O–H groups in total. The van der Waals surface area contributed by atoms with Crippen LogP contribution in [0.25, 0.3) is 0 Å². The van der Waals surface area contributed by atoms with Crippen molar-refractivity contribution in [1.29, 1.82) is 0 Å². The van der Waals surface area contributed by atoms with Crippen LogP contribution in [-0.4, -0.2) is 31.6 Å².